The monoisotopic (exact) mass is 768 g/mol. The van der Waals surface area contributed by atoms with Crippen molar-refractivity contribution in [3.63, 3.8) is 0 Å². The van der Waals surface area contributed by atoms with Crippen LogP contribution in [0.4, 0.5) is 11.9 Å². The quantitative estimate of drug-likeness (QED) is 0.108. The number of nitrogens with zero attached hydrogens (tertiary/aromatic N) is 4. The van der Waals surface area contributed by atoms with Gasteiger partial charge >= 0.3 is 0 Å². The van der Waals surface area contributed by atoms with Crippen LogP contribution in [0.1, 0.15) is 45.5 Å². The van der Waals surface area contributed by atoms with Gasteiger partial charge in [0.2, 0.25) is 11.9 Å². The van der Waals surface area contributed by atoms with Gasteiger partial charge in [0, 0.05) is 44.9 Å². The minimum absolute atomic E-state index is 0.0969. The van der Waals surface area contributed by atoms with Crippen molar-refractivity contribution in [3.05, 3.63) is 152 Å². The van der Waals surface area contributed by atoms with Gasteiger partial charge < -0.3 is 20.8 Å². The lowest BCUT2D eigenvalue weighted by atomic mass is 9.96. The van der Waals surface area contributed by atoms with Crippen LogP contribution in [-0.4, -0.2) is 30.1 Å². The lowest BCUT2D eigenvalue weighted by Crippen LogP contribution is -2.15. The number of halogens is 2. The van der Waals surface area contributed by atoms with Crippen molar-refractivity contribution >= 4 is 55.5 Å². The van der Waals surface area contributed by atoms with Gasteiger partial charge in [0.05, 0.1) is 21.9 Å². The Hall–Kier alpha value is -4.45. The Morgan fingerprint density at radius 1 is 0.574 bits per heavy atom. The van der Waals surface area contributed by atoms with Crippen LogP contribution in [0.3, 0.4) is 0 Å². The number of phenols is 2. The van der Waals surface area contributed by atoms with Crippen molar-refractivity contribution in [2.24, 2.45) is 0 Å². The third-order valence-corrected chi connectivity index (χ3v) is 9.54. The smallest absolute Gasteiger partial charge is 0.223 e. The van der Waals surface area contributed by atoms with Crippen molar-refractivity contribution in [3.8, 4) is 11.5 Å². The van der Waals surface area contributed by atoms with Gasteiger partial charge in [-0.2, -0.15) is 0 Å². The number of hydrogen-bond acceptors (Lipinski definition) is 9. The van der Waals surface area contributed by atoms with Gasteiger partial charge in [0.15, 0.2) is 0 Å². The van der Waals surface area contributed by atoms with E-state index in [9.17, 15) is 10.2 Å². The minimum atomic E-state index is -0.455. The predicted molar refractivity (Wildman–Crippen MR) is 193 cm³/mol. The third kappa shape index (κ3) is 7.75. The van der Waals surface area contributed by atoms with Crippen LogP contribution in [0.5, 0.6) is 11.5 Å². The molecule has 47 heavy (non-hydrogen) atoms. The van der Waals surface area contributed by atoms with Crippen molar-refractivity contribution in [2.75, 3.05) is 10.6 Å². The number of anilines is 2. The first-order valence-electron chi connectivity index (χ1n) is 14.7. The summed E-state index contributed by atoms with van der Waals surface area (Å²) in [6.45, 7) is 3.97. The molecule has 0 amide bonds. The average Bonchev–Trinajstić information content (AvgIpc) is 3.07. The van der Waals surface area contributed by atoms with E-state index in [0.717, 1.165) is 31.2 Å². The highest BCUT2D eigenvalue weighted by atomic mass is 79.9. The first kappa shape index (κ1) is 32.5. The summed E-state index contributed by atoms with van der Waals surface area (Å²) >= 11 is 8.35. The molecule has 0 radical (unpaired) electrons. The summed E-state index contributed by atoms with van der Waals surface area (Å²) in [5, 5.41) is 30.5. The zero-order chi connectivity index (χ0) is 32.9. The van der Waals surface area contributed by atoms with E-state index < -0.39 is 12.1 Å². The second-order valence-electron chi connectivity index (χ2n) is 10.9. The number of benzene rings is 4. The summed E-state index contributed by atoms with van der Waals surface area (Å²) in [6.07, 6.45) is 6.68. The lowest BCUT2D eigenvalue weighted by Gasteiger charge is -2.24. The summed E-state index contributed by atoms with van der Waals surface area (Å²) in [6, 6.07) is 26.1. The van der Waals surface area contributed by atoms with E-state index in [-0.39, 0.29) is 11.5 Å². The molecule has 236 valence electrons. The van der Waals surface area contributed by atoms with Crippen LogP contribution in [-0.2, 0) is 0 Å². The molecule has 0 saturated heterocycles. The largest absolute Gasteiger partial charge is 0.506 e. The number of aromatic hydroxyl groups is 2. The maximum absolute atomic E-state index is 11.9. The number of hydrogen-bond donors (Lipinski definition) is 4. The Labute approximate surface area is 294 Å². The molecule has 8 nitrogen and oxygen atoms in total. The summed E-state index contributed by atoms with van der Waals surface area (Å²) in [4.78, 5) is 18.7. The number of rotatable bonds is 10. The first-order chi connectivity index (χ1) is 22.7. The molecule has 6 rings (SSSR count). The molecule has 0 fully saturated rings. The molecule has 0 aliphatic carbocycles. The molecular formula is C36H30Br2N6O2S. The highest BCUT2D eigenvalue weighted by Gasteiger charge is 2.25. The van der Waals surface area contributed by atoms with Gasteiger partial charge in [0.1, 0.15) is 11.5 Å². The molecule has 0 aliphatic heterocycles. The summed E-state index contributed by atoms with van der Waals surface area (Å²) in [7, 11) is 0. The van der Waals surface area contributed by atoms with Gasteiger partial charge in [-0.25, -0.2) is 19.9 Å². The Balaban J connectivity index is 1.41. The molecule has 11 heteroatoms. The molecule has 0 spiro atoms. The van der Waals surface area contributed by atoms with Gasteiger partial charge in [-0.1, -0.05) is 67.9 Å². The van der Waals surface area contributed by atoms with Crippen LogP contribution in [0.15, 0.2) is 128 Å². The maximum atomic E-state index is 11.9. The molecule has 2 aromatic heterocycles. The van der Waals surface area contributed by atoms with E-state index in [2.05, 4.69) is 62.4 Å². The number of aryl methyl sites for hydroxylation is 2. The Kier molecular flexibility index (Phi) is 10.1. The highest BCUT2D eigenvalue weighted by Crippen LogP contribution is 2.47. The van der Waals surface area contributed by atoms with Crippen LogP contribution < -0.4 is 10.6 Å². The van der Waals surface area contributed by atoms with E-state index in [1.165, 1.54) is 11.8 Å². The van der Waals surface area contributed by atoms with Gasteiger partial charge in [-0.05, 0) is 96.8 Å². The third-order valence-electron chi connectivity index (χ3n) is 7.42. The zero-order valence-electron chi connectivity index (χ0n) is 25.4. The van der Waals surface area contributed by atoms with Crippen molar-refractivity contribution < 1.29 is 10.2 Å². The molecule has 0 aliphatic rings. The molecule has 2 heterocycles. The molecule has 4 aromatic carbocycles. The lowest BCUT2D eigenvalue weighted by molar-refractivity contribution is 0.450. The fraction of sp³-hybridized carbons (Fsp3) is 0.111. The van der Waals surface area contributed by atoms with Crippen LogP contribution >= 0.6 is 43.6 Å². The van der Waals surface area contributed by atoms with Gasteiger partial charge in [0.25, 0.3) is 0 Å². The van der Waals surface area contributed by atoms with E-state index >= 15 is 0 Å². The highest BCUT2D eigenvalue weighted by molar-refractivity contribution is 9.10. The zero-order valence-corrected chi connectivity index (χ0v) is 29.4. The SMILES string of the molecule is Cc1cc(Sc2cc(C)cc(C(Nc3ncccn3)c3ccc(Br)cc3)c2O)c(O)c(C(Nc2ncccn2)c2ccc(Br)cc2)c1. The van der Waals surface area contributed by atoms with E-state index in [0.29, 0.717) is 32.8 Å². The molecule has 2 atom stereocenters. The second-order valence-corrected chi connectivity index (χ2v) is 13.8. The van der Waals surface area contributed by atoms with Gasteiger partial charge in [-0.15, -0.1) is 0 Å². The summed E-state index contributed by atoms with van der Waals surface area (Å²) in [5.41, 5.74) is 5.05. The molecule has 4 N–H and O–H groups in total. The molecular weight excluding hydrogens is 740 g/mol. The number of aromatic nitrogens is 4. The van der Waals surface area contributed by atoms with E-state index in [1.54, 1.807) is 36.9 Å². The molecule has 0 bridgehead atoms. The Bertz CT molecular complexity index is 1840. The normalized spacial score (nSPS) is 12.3. The van der Waals surface area contributed by atoms with Crippen molar-refractivity contribution in [1.29, 1.82) is 0 Å². The Morgan fingerprint density at radius 3 is 1.30 bits per heavy atom. The first-order valence-corrected chi connectivity index (χ1v) is 17.1. The van der Waals surface area contributed by atoms with Crippen molar-refractivity contribution in [2.45, 2.75) is 35.7 Å². The fourth-order valence-corrected chi connectivity index (χ4v) is 6.94. The van der Waals surface area contributed by atoms with E-state index in [1.807, 2.05) is 86.6 Å². The predicted octanol–water partition coefficient (Wildman–Crippen LogP) is 9.37. The van der Waals surface area contributed by atoms with E-state index in [4.69, 9.17) is 0 Å². The summed E-state index contributed by atoms with van der Waals surface area (Å²) < 4.78 is 1.89. The summed E-state index contributed by atoms with van der Waals surface area (Å²) in [5.74, 6) is 1.06. The molecule has 0 saturated carbocycles. The number of nitrogens with one attached hydrogen (secondary N) is 2. The van der Waals surface area contributed by atoms with Crippen LogP contribution in [0, 0.1) is 13.8 Å². The second kappa shape index (κ2) is 14.5. The molecule has 6 aromatic rings. The average molecular weight is 771 g/mol. The van der Waals surface area contributed by atoms with Crippen molar-refractivity contribution in [1.82, 2.24) is 19.9 Å². The number of phenolic OH excluding ortho intramolecular Hbond substituents is 2. The van der Waals surface area contributed by atoms with Crippen LogP contribution in [0.25, 0.3) is 0 Å². The van der Waals surface area contributed by atoms with Gasteiger partial charge in [-0.3, -0.25) is 0 Å². The molecule has 2 unspecified atom stereocenters. The fourth-order valence-electron chi connectivity index (χ4n) is 5.26. The maximum Gasteiger partial charge on any atom is 0.223 e. The van der Waals surface area contributed by atoms with Crippen LogP contribution in [0.2, 0.25) is 0 Å². The topological polar surface area (TPSA) is 116 Å². The Morgan fingerprint density at radius 2 is 0.936 bits per heavy atom. The standard InChI is InChI=1S/C36H30Br2N6O2S/c1-21-17-27(31(23-5-9-25(37)10-6-23)43-35-39-13-3-14-40-35)33(45)29(19-21)47-30-20-22(2)18-28(34(30)46)32(24-7-11-26(38)12-8-24)44-36-41-15-4-16-42-36/h3-20,31-32,45-46H,1-2H3,(H,39,40,43)(H,41,42,44). The minimum Gasteiger partial charge on any atom is -0.506 e.